The van der Waals surface area contributed by atoms with Crippen molar-refractivity contribution in [2.45, 2.75) is 6.92 Å². The van der Waals surface area contributed by atoms with E-state index in [1.807, 2.05) is 6.08 Å². The number of hydrogen-bond donors (Lipinski definition) is 1. The molecule has 2 aromatic carbocycles. The van der Waals surface area contributed by atoms with Gasteiger partial charge < -0.3 is 4.98 Å². The van der Waals surface area contributed by atoms with Crippen molar-refractivity contribution in [1.82, 2.24) is 4.98 Å². The molecule has 18 heavy (non-hydrogen) atoms. The number of benzene rings is 2. The molecule has 0 saturated heterocycles. The van der Waals surface area contributed by atoms with Crippen LogP contribution in [0.2, 0.25) is 0 Å². The van der Waals surface area contributed by atoms with E-state index in [9.17, 15) is 0 Å². The molecule has 0 aliphatic heterocycles. The monoisotopic (exact) mass is 233 g/mol. The Morgan fingerprint density at radius 2 is 1.89 bits per heavy atom. The highest BCUT2D eigenvalue weighted by Crippen LogP contribution is 2.29. The van der Waals surface area contributed by atoms with Crippen LogP contribution in [0.3, 0.4) is 0 Å². The van der Waals surface area contributed by atoms with Gasteiger partial charge in [0.05, 0.1) is 5.52 Å². The van der Waals surface area contributed by atoms with E-state index in [1.54, 1.807) is 6.08 Å². The molecule has 0 aliphatic carbocycles. The molecule has 88 valence electrons. The number of aromatic amines is 1. The largest absolute Gasteiger partial charge is 0.358 e. The normalized spacial score (nSPS) is 11.6. The van der Waals surface area contributed by atoms with Gasteiger partial charge >= 0.3 is 0 Å². The predicted octanol–water partition coefficient (Wildman–Crippen LogP) is 4.83. The smallest absolute Gasteiger partial charge is 0.0541 e. The van der Waals surface area contributed by atoms with Gasteiger partial charge in [-0.1, -0.05) is 61.2 Å². The second-order valence-electron chi connectivity index (χ2n) is 4.47. The van der Waals surface area contributed by atoms with Gasteiger partial charge in [-0.2, -0.15) is 0 Å². The lowest BCUT2D eigenvalue weighted by Crippen LogP contribution is -1.75. The van der Waals surface area contributed by atoms with E-state index in [4.69, 9.17) is 0 Å². The Morgan fingerprint density at radius 3 is 2.72 bits per heavy atom. The third-order valence-corrected chi connectivity index (χ3v) is 3.33. The van der Waals surface area contributed by atoms with Gasteiger partial charge in [-0.05, 0) is 12.3 Å². The molecular formula is C17H15N. The molecule has 0 aliphatic rings. The molecule has 0 unspecified atom stereocenters. The molecule has 0 radical (unpaired) electrons. The second kappa shape index (κ2) is 4.19. The maximum Gasteiger partial charge on any atom is 0.0541 e. The standard InChI is InChI=1S/C17H15N/c1-3-4-8-14-12(2)18-17-15-9-6-5-7-13(15)10-11-16(14)17/h3-11,18H,1H2,2H3/b8-4-. The number of aromatic nitrogens is 1. The third kappa shape index (κ3) is 1.56. The Hall–Kier alpha value is -2.28. The lowest BCUT2D eigenvalue weighted by atomic mass is 10.0. The van der Waals surface area contributed by atoms with E-state index in [0.29, 0.717) is 0 Å². The van der Waals surface area contributed by atoms with E-state index in [0.717, 1.165) is 0 Å². The van der Waals surface area contributed by atoms with Crippen LogP contribution in [0.5, 0.6) is 0 Å². The maximum atomic E-state index is 3.72. The summed E-state index contributed by atoms with van der Waals surface area (Å²) in [5, 5.41) is 3.81. The Bertz CT molecular complexity index is 760. The molecule has 0 atom stereocenters. The minimum absolute atomic E-state index is 1.19. The van der Waals surface area contributed by atoms with E-state index in [1.165, 1.54) is 32.9 Å². The summed E-state index contributed by atoms with van der Waals surface area (Å²) < 4.78 is 0. The first-order chi connectivity index (χ1) is 8.81. The van der Waals surface area contributed by atoms with E-state index >= 15 is 0 Å². The summed E-state index contributed by atoms with van der Waals surface area (Å²) in [4.78, 5) is 3.49. The topological polar surface area (TPSA) is 15.8 Å². The zero-order valence-corrected chi connectivity index (χ0v) is 10.4. The number of nitrogens with one attached hydrogen (secondary N) is 1. The number of H-pyrrole nitrogens is 1. The first kappa shape index (κ1) is 10.8. The van der Waals surface area contributed by atoms with Crippen molar-refractivity contribution < 1.29 is 0 Å². The average Bonchev–Trinajstić information content (AvgIpc) is 2.72. The van der Waals surface area contributed by atoms with Crippen molar-refractivity contribution >= 4 is 27.8 Å². The van der Waals surface area contributed by atoms with Crippen LogP contribution in [0.25, 0.3) is 27.8 Å². The van der Waals surface area contributed by atoms with Gasteiger partial charge in [0.15, 0.2) is 0 Å². The first-order valence-electron chi connectivity index (χ1n) is 6.10. The number of allylic oxidation sites excluding steroid dienone is 2. The van der Waals surface area contributed by atoms with Crippen LogP contribution in [0.15, 0.2) is 55.1 Å². The number of rotatable bonds is 2. The molecule has 0 amide bonds. The van der Waals surface area contributed by atoms with Crippen molar-refractivity contribution in [1.29, 1.82) is 0 Å². The van der Waals surface area contributed by atoms with Gasteiger partial charge in [0.25, 0.3) is 0 Å². The molecule has 3 aromatic rings. The van der Waals surface area contributed by atoms with Crippen molar-refractivity contribution in [3.05, 3.63) is 66.4 Å². The summed E-state index contributed by atoms with van der Waals surface area (Å²) >= 11 is 0. The number of aryl methyl sites for hydroxylation is 1. The molecule has 1 aromatic heterocycles. The predicted molar refractivity (Wildman–Crippen MR) is 79.8 cm³/mol. The van der Waals surface area contributed by atoms with Crippen molar-refractivity contribution in [3.63, 3.8) is 0 Å². The van der Waals surface area contributed by atoms with Gasteiger partial charge in [0.2, 0.25) is 0 Å². The van der Waals surface area contributed by atoms with E-state index < -0.39 is 0 Å². The van der Waals surface area contributed by atoms with Crippen LogP contribution < -0.4 is 0 Å². The Morgan fingerprint density at radius 1 is 1.06 bits per heavy atom. The summed E-state index contributed by atoms with van der Waals surface area (Å²) in [5.74, 6) is 0. The zero-order valence-electron chi connectivity index (χ0n) is 10.4. The fourth-order valence-corrected chi connectivity index (χ4v) is 2.47. The maximum absolute atomic E-state index is 3.72. The van der Waals surface area contributed by atoms with Crippen molar-refractivity contribution in [2.24, 2.45) is 0 Å². The van der Waals surface area contributed by atoms with Gasteiger partial charge in [-0.15, -0.1) is 0 Å². The van der Waals surface area contributed by atoms with Crippen molar-refractivity contribution in [2.75, 3.05) is 0 Å². The van der Waals surface area contributed by atoms with Crippen LogP contribution >= 0.6 is 0 Å². The number of fused-ring (bicyclic) bond motifs is 3. The third-order valence-electron chi connectivity index (χ3n) is 3.33. The van der Waals surface area contributed by atoms with E-state index in [-0.39, 0.29) is 0 Å². The van der Waals surface area contributed by atoms with Gasteiger partial charge in [-0.3, -0.25) is 0 Å². The molecule has 0 fully saturated rings. The molecule has 0 spiro atoms. The quantitative estimate of drug-likeness (QED) is 0.610. The summed E-state index contributed by atoms with van der Waals surface area (Å²) in [6, 6.07) is 12.8. The molecule has 1 heteroatoms. The molecule has 0 bridgehead atoms. The lowest BCUT2D eigenvalue weighted by molar-refractivity contribution is 1.29. The first-order valence-corrected chi connectivity index (χ1v) is 6.10. The zero-order chi connectivity index (χ0) is 12.5. The van der Waals surface area contributed by atoms with Crippen LogP contribution in [-0.4, -0.2) is 4.98 Å². The molecule has 1 heterocycles. The summed E-state index contributed by atoms with van der Waals surface area (Å²) in [6.45, 7) is 5.83. The van der Waals surface area contributed by atoms with Crippen LogP contribution in [-0.2, 0) is 0 Å². The van der Waals surface area contributed by atoms with Crippen LogP contribution in [0.1, 0.15) is 11.3 Å². The fraction of sp³-hybridized carbons (Fsp3) is 0.0588. The average molecular weight is 233 g/mol. The fourth-order valence-electron chi connectivity index (χ4n) is 2.47. The van der Waals surface area contributed by atoms with Crippen LogP contribution in [0.4, 0.5) is 0 Å². The molecule has 1 nitrogen and oxygen atoms in total. The highest BCUT2D eigenvalue weighted by molar-refractivity contribution is 6.08. The summed E-state index contributed by atoms with van der Waals surface area (Å²) in [5.41, 5.74) is 3.66. The Kier molecular flexibility index (Phi) is 2.52. The summed E-state index contributed by atoms with van der Waals surface area (Å²) in [6.07, 6.45) is 5.89. The Balaban J connectivity index is 2.40. The molecule has 3 rings (SSSR count). The second-order valence-corrected chi connectivity index (χ2v) is 4.47. The molecule has 0 saturated carbocycles. The lowest BCUT2D eigenvalue weighted by Gasteiger charge is -1.99. The minimum atomic E-state index is 1.19. The van der Waals surface area contributed by atoms with Crippen molar-refractivity contribution in [3.8, 4) is 0 Å². The van der Waals surface area contributed by atoms with Gasteiger partial charge in [0.1, 0.15) is 0 Å². The van der Waals surface area contributed by atoms with Gasteiger partial charge in [-0.25, -0.2) is 0 Å². The molecule has 1 N–H and O–H groups in total. The summed E-state index contributed by atoms with van der Waals surface area (Å²) in [7, 11) is 0. The van der Waals surface area contributed by atoms with Crippen LogP contribution in [0, 0.1) is 6.92 Å². The minimum Gasteiger partial charge on any atom is -0.358 e. The highest BCUT2D eigenvalue weighted by Gasteiger charge is 2.08. The van der Waals surface area contributed by atoms with E-state index in [2.05, 4.69) is 61.0 Å². The number of hydrogen-bond acceptors (Lipinski definition) is 0. The SMILES string of the molecule is C=C/C=C\c1c(C)[nH]c2c1ccc1ccccc12. The Labute approximate surface area is 106 Å². The highest BCUT2D eigenvalue weighted by atomic mass is 14.7. The van der Waals surface area contributed by atoms with Gasteiger partial charge in [0, 0.05) is 22.0 Å². The molecular weight excluding hydrogens is 218 g/mol.